The number of hydrogen-bond acceptors (Lipinski definition) is 18. The number of rotatable bonds is 44. The minimum atomic E-state index is -1.82. The number of nitrogens with one attached hydrogen (secondary N) is 10. The fourth-order valence-corrected chi connectivity index (χ4v) is 9.13. The van der Waals surface area contributed by atoms with Crippen LogP contribution >= 0.6 is 0 Å². The summed E-state index contributed by atoms with van der Waals surface area (Å²) >= 11 is 0. The molecule has 0 saturated carbocycles. The predicted molar refractivity (Wildman–Crippen MR) is 331 cm³/mol. The summed E-state index contributed by atoms with van der Waals surface area (Å²) in [6.45, 7) is 14.8. The topological polar surface area (TPSA) is 567 Å². The van der Waals surface area contributed by atoms with Gasteiger partial charge in [-0.3, -0.25) is 67.1 Å². The summed E-state index contributed by atoms with van der Waals surface area (Å²) in [5.74, 6) is -17.4. The van der Waals surface area contributed by atoms with Gasteiger partial charge in [0.25, 0.3) is 0 Å². The summed E-state index contributed by atoms with van der Waals surface area (Å²) in [6, 6.07) is -11.6. The van der Waals surface area contributed by atoms with E-state index in [1.807, 2.05) is 13.8 Å². The van der Waals surface area contributed by atoms with Gasteiger partial charge in [0.2, 0.25) is 76.8 Å². The van der Waals surface area contributed by atoms with E-state index in [0.717, 1.165) is 0 Å². The fourth-order valence-electron chi connectivity index (χ4n) is 9.13. The number of carboxylic acid groups (broad SMARTS) is 2. The number of phenols is 1. The summed E-state index contributed by atoms with van der Waals surface area (Å²) in [6.07, 6.45) is -3.75. The van der Waals surface area contributed by atoms with Crippen LogP contribution in [0.25, 0.3) is 0 Å². The molecule has 1 aromatic carbocycles. The van der Waals surface area contributed by atoms with E-state index in [9.17, 15) is 87.2 Å². The first-order valence-electron chi connectivity index (χ1n) is 30.4. The van der Waals surface area contributed by atoms with Crippen molar-refractivity contribution < 1.29 is 87.2 Å². The molecule has 0 aliphatic rings. The van der Waals surface area contributed by atoms with Crippen molar-refractivity contribution in [1.29, 1.82) is 0 Å². The van der Waals surface area contributed by atoms with Crippen molar-refractivity contribution in [1.82, 2.24) is 53.2 Å². The highest BCUT2D eigenvalue weighted by Crippen LogP contribution is 2.15. The molecule has 0 spiro atoms. The Morgan fingerprint density at radius 1 is 0.413 bits per heavy atom. The maximum atomic E-state index is 14.4. The normalized spacial score (nSPS) is 14.8. The third-order valence-corrected chi connectivity index (χ3v) is 14.0. The van der Waals surface area contributed by atoms with Crippen molar-refractivity contribution in [2.45, 2.75) is 212 Å². The molecule has 0 heterocycles. The van der Waals surface area contributed by atoms with Crippen LogP contribution < -0.4 is 81.8 Å². The smallest absolute Gasteiger partial charge is 0.326 e. The van der Waals surface area contributed by atoms with Gasteiger partial charge in [0, 0.05) is 19.3 Å². The van der Waals surface area contributed by atoms with Gasteiger partial charge in [0.1, 0.15) is 66.2 Å². The Bertz CT molecular complexity index is 2730. The Morgan fingerprint density at radius 3 is 1.18 bits per heavy atom. The van der Waals surface area contributed by atoms with Crippen molar-refractivity contribution >= 4 is 88.7 Å². The molecule has 0 aliphatic carbocycles. The molecule has 0 saturated heterocycles. The van der Waals surface area contributed by atoms with Gasteiger partial charge in [0.05, 0.1) is 18.9 Å². The van der Waals surface area contributed by atoms with Gasteiger partial charge < -0.3 is 97.2 Å². The van der Waals surface area contributed by atoms with E-state index in [1.54, 1.807) is 27.7 Å². The lowest BCUT2D eigenvalue weighted by Gasteiger charge is -2.29. The Labute approximate surface area is 534 Å². The zero-order valence-corrected chi connectivity index (χ0v) is 53.7. The number of phenolic OH excluding ortho intramolecular Hbond substituents is 1. The maximum absolute atomic E-state index is 14.4. The third kappa shape index (κ3) is 31.6. The van der Waals surface area contributed by atoms with Crippen LogP contribution in [0.4, 0.5) is 0 Å². The minimum Gasteiger partial charge on any atom is -0.508 e. The number of hydrogen-bond donors (Lipinski definition) is 18. The molecule has 0 radical (unpaired) electrons. The lowest BCUT2D eigenvalue weighted by Crippen LogP contribution is -2.61. The van der Waals surface area contributed by atoms with E-state index >= 15 is 0 Å². The molecular formula is C59H97N15O18. The minimum absolute atomic E-state index is 0.000983. The van der Waals surface area contributed by atoms with Gasteiger partial charge in [-0.2, -0.15) is 0 Å². The van der Waals surface area contributed by atoms with Crippen LogP contribution in [-0.2, 0) is 78.3 Å². The van der Waals surface area contributed by atoms with Crippen molar-refractivity contribution in [3.63, 3.8) is 0 Å². The van der Waals surface area contributed by atoms with Crippen LogP contribution in [-0.4, -0.2) is 177 Å². The first-order valence-corrected chi connectivity index (χ1v) is 30.4. The van der Waals surface area contributed by atoms with E-state index in [2.05, 4.69) is 53.2 Å². The van der Waals surface area contributed by atoms with Crippen LogP contribution in [0.2, 0.25) is 0 Å². The number of carbonyl (C=O) groups is 15. The van der Waals surface area contributed by atoms with E-state index in [0.29, 0.717) is 6.42 Å². The zero-order chi connectivity index (χ0) is 70.3. The molecule has 516 valence electrons. The van der Waals surface area contributed by atoms with E-state index < -0.39 is 193 Å². The van der Waals surface area contributed by atoms with Gasteiger partial charge in [-0.05, 0) is 106 Å². The van der Waals surface area contributed by atoms with Crippen LogP contribution in [0.5, 0.6) is 5.75 Å². The second-order valence-electron chi connectivity index (χ2n) is 24.2. The van der Waals surface area contributed by atoms with Gasteiger partial charge in [-0.15, -0.1) is 0 Å². The highest BCUT2D eigenvalue weighted by molar-refractivity contribution is 6.00. The number of carbonyl (C=O) groups excluding carboxylic acids is 13. The number of benzene rings is 1. The zero-order valence-electron chi connectivity index (χ0n) is 53.7. The molecule has 11 atom stereocenters. The quantitative estimate of drug-likeness (QED) is 0.0277. The van der Waals surface area contributed by atoms with Gasteiger partial charge in [-0.1, -0.05) is 67.5 Å². The maximum Gasteiger partial charge on any atom is 0.326 e. The Morgan fingerprint density at radius 2 is 0.783 bits per heavy atom. The van der Waals surface area contributed by atoms with Gasteiger partial charge >= 0.3 is 11.9 Å². The molecule has 0 aromatic heterocycles. The van der Waals surface area contributed by atoms with Crippen LogP contribution in [0.3, 0.4) is 0 Å². The standard InChI is InChI=1S/C59H97N15O18/c1-28(2)22-35(61)50(82)66-37(17-19-44(62)76)52(84)69-40(24-30(5)6)56(88)73-43(27-46(64)78)58(90)70-39(23-29(3)4)55(87)67-36(12-10-11-21-60)51(83)68-38(18-20-47(79)80)53(85)71-41(25-33-13-15-34(75)16-14-33)57(89)72-42(26-45(63)77)54(86)65-32(9)49(81)74-48(31(7)8)59(91)92/h13-16,28-32,35-43,48,75H,10-12,17-27,60-61H2,1-9H3,(H2,62,76)(H2,63,77)(H2,64,78)(H,65,86)(H,66,82)(H,67,87)(H,68,83)(H,69,84)(H,70,90)(H,71,85)(H,72,89)(H,73,88)(H,74,81)(H,79,80)(H,91,92)/t32-,35-,36-,37-,38-,39-,40-,41-,42-,43-,48-/m0/s1. The molecule has 23 N–H and O–H groups in total. The Kier molecular flexibility index (Phi) is 35.8. The third-order valence-electron chi connectivity index (χ3n) is 14.0. The number of nitrogens with two attached hydrogens (primary N) is 5. The average molecular weight is 1300 g/mol. The Hall–Kier alpha value is -9.01. The van der Waals surface area contributed by atoms with Crippen molar-refractivity contribution in [3.05, 3.63) is 29.8 Å². The summed E-state index contributed by atoms with van der Waals surface area (Å²) in [4.78, 5) is 199. The molecular weight excluding hydrogens is 1210 g/mol. The molecule has 13 amide bonds. The van der Waals surface area contributed by atoms with Crippen molar-refractivity contribution in [2.24, 2.45) is 52.3 Å². The lowest BCUT2D eigenvalue weighted by atomic mass is 9.99. The van der Waals surface area contributed by atoms with Gasteiger partial charge in [0.15, 0.2) is 0 Å². The number of unbranched alkanes of at least 4 members (excludes halogenated alkanes) is 1. The summed E-state index contributed by atoms with van der Waals surface area (Å²) in [5.41, 5.74) is 28.4. The number of carboxylic acids is 2. The predicted octanol–water partition coefficient (Wildman–Crippen LogP) is -3.98. The molecule has 0 fully saturated rings. The molecule has 1 aromatic rings. The first kappa shape index (κ1) is 81.0. The van der Waals surface area contributed by atoms with Crippen LogP contribution in [0.15, 0.2) is 24.3 Å². The highest BCUT2D eigenvalue weighted by atomic mass is 16.4. The molecule has 0 aliphatic heterocycles. The second kappa shape index (κ2) is 40.7. The largest absolute Gasteiger partial charge is 0.508 e. The van der Waals surface area contributed by atoms with Gasteiger partial charge in [-0.25, -0.2) is 4.79 Å². The number of aromatic hydroxyl groups is 1. The SMILES string of the molecule is CC(C)C[C@H](NC(=O)[C@H](CC(N)=O)NC(=O)[C@H](CC(C)C)NC(=O)[C@H](CCC(N)=O)NC(=O)[C@@H](N)CC(C)C)C(=O)N[C@@H](CCCCN)C(=O)N[C@@H](CCC(=O)O)C(=O)N[C@@H](Cc1ccc(O)cc1)C(=O)N[C@@H](CC(N)=O)C(=O)N[C@@H](C)C(=O)N[C@H](C(=O)O)C(C)C. The highest BCUT2D eigenvalue weighted by Gasteiger charge is 2.37. The summed E-state index contributed by atoms with van der Waals surface area (Å²) in [7, 11) is 0. The molecule has 0 bridgehead atoms. The summed E-state index contributed by atoms with van der Waals surface area (Å²) in [5, 5.41) is 53.6. The second-order valence-corrected chi connectivity index (χ2v) is 24.2. The van der Waals surface area contributed by atoms with E-state index in [4.69, 9.17) is 28.7 Å². The van der Waals surface area contributed by atoms with E-state index in [1.165, 1.54) is 45.0 Å². The summed E-state index contributed by atoms with van der Waals surface area (Å²) < 4.78 is 0. The fraction of sp³-hybridized carbons (Fsp3) is 0.644. The Balaban J connectivity index is 3.71. The molecule has 33 nitrogen and oxygen atoms in total. The molecule has 0 unspecified atom stereocenters. The first-order chi connectivity index (χ1) is 42.8. The molecule has 33 heteroatoms. The number of primary amides is 3. The van der Waals surface area contributed by atoms with Crippen LogP contribution in [0.1, 0.15) is 145 Å². The lowest BCUT2D eigenvalue weighted by molar-refractivity contribution is -0.143. The molecule has 92 heavy (non-hydrogen) atoms. The van der Waals surface area contributed by atoms with Crippen LogP contribution in [0, 0.1) is 23.7 Å². The molecule has 1 rings (SSSR count). The number of amides is 13. The van der Waals surface area contributed by atoms with E-state index in [-0.39, 0.29) is 80.6 Å². The monoisotopic (exact) mass is 1300 g/mol. The average Bonchev–Trinajstić information content (AvgIpc) is 0.896. The number of aliphatic carboxylic acids is 2. The van der Waals surface area contributed by atoms with Crippen molar-refractivity contribution in [3.8, 4) is 5.75 Å². The van der Waals surface area contributed by atoms with Crippen molar-refractivity contribution in [2.75, 3.05) is 6.54 Å².